The molecule has 9 nitrogen and oxygen atoms in total. The van der Waals surface area contributed by atoms with E-state index in [1.54, 1.807) is 38.3 Å². The standard InChI is InChI=1S/C14H13F2NO3S.C8H9NOS.C6H7ClF2O3/c1-3-20-14(18)11-10(12(15)16)17-13(21-11)8-4-6-9(19-2)7-5-8;1-10-7-4-2-6(3-5-7)8(9)11;1-2-12-6(11)3(7)4(10)5(8)9/h4-7,12H,3H2,1-2H3;2-5H,1H3,(H2,9,11);3,5H,2H2,1H3. The fraction of sp³-hybridized carbons (Fsp3) is 0.321. The molecule has 0 aliphatic rings. The summed E-state index contributed by atoms with van der Waals surface area (Å²) in [5.41, 5.74) is 6.36. The first-order chi connectivity index (χ1) is 20.8. The first-order valence-electron chi connectivity index (χ1n) is 12.5. The van der Waals surface area contributed by atoms with Gasteiger partial charge in [-0.1, -0.05) is 12.2 Å². The molecule has 1 aromatic heterocycles. The Morgan fingerprint density at radius 3 is 1.82 bits per heavy atom. The van der Waals surface area contributed by atoms with Crippen molar-refractivity contribution in [3.05, 3.63) is 64.7 Å². The molecule has 0 saturated carbocycles. The van der Waals surface area contributed by atoms with Crippen LogP contribution in [0.3, 0.4) is 0 Å². The Hall–Kier alpha value is -3.82. The Labute approximate surface area is 265 Å². The van der Waals surface area contributed by atoms with Crippen molar-refractivity contribution in [1.29, 1.82) is 0 Å². The summed E-state index contributed by atoms with van der Waals surface area (Å²) in [4.78, 5) is 36.8. The first-order valence-corrected chi connectivity index (χ1v) is 14.1. The van der Waals surface area contributed by atoms with Crippen LogP contribution in [0.25, 0.3) is 10.6 Å². The van der Waals surface area contributed by atoms with Gasteiger partial charge in [-0.15, -0.1) is 22.9 Å². The molecule has 0 bridgehead atoms. The number of alkyl halides is 5. The number of carbonyl (C=O) groups excluding carboxylic acids is 3. The maximum absolute atomic E-state index is 13.0. The number of rotatable bonds is 11. The van der Waals surface area contributed by atoms with E-state index >= 15 is 0 Å². The number of ketones is 1. The molecular weight excluding hydrogens is 652 g/mol. The number of esters is 2. The molecule has 1 atom stereocenters. The number of thiocarbonyl (C=S) groups is 1. The van der Waals surface area contributed by atoms with Gasteiger partial charge < -0.3 is 24.7 Å². The fourth-order valence-electron chi connectivity index (χ4n) is 2.88. The van der Waals surface area contributed by atoms with Crippen LogP contribution in [0, 0.1) is 0 Å². The summed E-state index contributed by atoms with van der Waals surface area (Å²) in [5.74, 6) is -2.08. The summed E-state index contributed by atoms with van der Waals surface area (Å²) in [5, 5.41) is -1.55. The Morgan fingerprint density at radius 1 is 0.909 bits per heavy atom. The van der Waals surface area contributed by atoms with E-state index in [9.17, 15) is 31.9 Å². The van der Waals surface area contributed by atoms with Crippen LogP contribution in [0.2, 0.25) is 0 Å². The van der Waals surface area contributed by atoms with E-state index in [4.69, 9.17) is 43.8 Å². The minimum absolute atomic E-state index is 0.00142. The number of Topliss-reactive ketones (excluding diaryl/α,β-unsaturated/α-hetero) is 1. The van der Waals surface area contributed by atoms with E-state index in [1.165, 1.54) is 14.0 Å². The van der Waals surface area contributed by atoms with Crippen LogP contribution in [-0.2, 0) is 19.1 Å². The Bertz CT molecular complexity index is 1380. The Morgan fingerprint density at radius 2 is 1.41 bits per heavy atom. The van der Waals surface area contributed by atoms with Crippen molar-refractivity contribution < 1.29 is 50.9 Å². The number of ether oxygens (including phenoxy) is 4. The zero-order valence-electron chi connectivity index (χ0n) is 23.9. The number of thiazole rings is 1. The molecule has 1 unspecified atom stereocenters. The maximum atomic E-state index is 13.0. The van der Waals surface area contributed by atoms with Gasteiger partial charge in [0.15, 0.2) is 5.38 Å². The van der Waals surface area contributed by atoms with Gasteiger partial charge >= 0.3 is 11.9 Å². The van der Waals surface area contributed by atoms with Crippen LogP contribution >= 0.6 is 35.2 Å². The molecular formula is C28H29ClF4N2O7S2. The number of methoxy groups -OCH3 is 2. The molecule has 0 aliphatic carbocycles. The maximum Gasteiger partial charge on any atom is 0.350 e. The molecule has 2 aromatic carbocycles. The molecule has 0 aliphatic heterocycles. The molecule has 0 saturated heterocycles. The molecule has 3 rings (SSSR count). The Balaban J connectivity index is 0.000000359. The monoisotopic (exact) mass is 680 g/mol. The van der Waals surface area contributed by atoms with Crippen LogP contribution < -0.4 is 15.2 Å². The van der Waals surface area contributed by atoms with Crippen LogP contribution in [0.4, 0.5) is 17.6 Å². The minimum Gasteiger partial charge on any atom is -0.497 e. The summed E-state index contributed by atoms with van der Waals surface area (Å²) in [7, 11) is 3.15. The third kappa shape index (κ3) is 12.1. The van der Waals surface area contributed by atoms with Crippen LogP contribution in [0.15, 0.2) is 48.5 Å². The number of aromatic nitrogens is 1. The van der Waals surface area contributed by atoms with Gasteiger partial charge in [-0.3, -0.25) is 4.79 Å². The van der Waals surface area contributed by atoms with E-state index < -0.39 is 41.6 Å². The lowest BCUT2D eigenvalue weighted by atomic mass is 10.2. The number of halogens is 5. The van der Waals surface area contributed by atoms with Crippen molar-refractivity contribution in [1.82, 2.24) is 4.98 Å². The molecule has 1 heterocycles. The van der Waals surface area contributed by atoms with Crippen LogP contribution in [0.5, 0.6) is 11.5 Å². The number of carbonyl (C=O) groups is 3. The first kappa shape index (κ1) is 38.2. The highest BCUT2D eigenvalue weighted by Gasteiger charge is 2.31. The smallest absolute Gasteiger partial charge is 0.350 e. The highest BCUT2D eigenvalue weighted by Crippen LogP contribution is 2.34. The zero-order valence-corrected chi connectivity index (χ0v) is 26.2. The predicted molar refractivity (Wildman–Crippen MR) is 161 cm³/mol. The molecule has 0 fully saturated rings. The molecule has 0 radical (unpaired) electrons. The van der Waals surface area contributed by atoms with Crippen molar-refractivity contribution in [3.8, 4) is 22.1 Å². The number of hydrogen-bond acceptors (Lipinski definition) is 10. The summed E-state index contributed by atoms with van der Waals surface area (Å²) in [6, 6.07) is 14.1. The average Bonchev–Trinajstić information content (AvgIpc) is 3.47. The normalized spacial score (nSPS) is 10.9. The zero-order chi connectivity index (χ0) is 33.4. The van der Waals surface area contributed by atoms with Gasteiger partial charge in [-0.25, -0.2) is 32.1 Å². The third-order valence-corrected chi connectivity index (χ3v) is 6.72. The third-order valence-electron chi connectivity index (χ3n) is 4.99. The van der Waals surface area contributed by atoms with Gasteiger partial charge in [0.05, 0.1) is 27.4 Å². The number of nitrogens with two attached hydrogens (primary N) is 1. The predicted octanol–water partition coefficient (Wildman–Crippen LogP) is 6.25. The van der Waals surface area contributed by atoms with Crippen LogP contribution in [-0.4, -0.2) is 66.9 Å². The summed E-state index contributed by atoms with van der Waals surface area (Å²) in [6.07, 6.45) is -6.07. The van der Waals surface area contributed by atoms with Gasteiger partial charge in [-0.2, -0.15) is 0 Å². The van der Waals surface area contributed by atoms with Crippen LogP contribution in [0.1, 0.15) is 41.2 Å². The van der Waals surface area contributed by atoms with Gasteiger partial charge in [-0.05, 0) is 62.4 Å². The second-order valence-electron chi connectivity index (χ2n) is 7.89. The molecule has 44 heavy (non-hydrogen) atoms. The molecule has 240 valence electrons. The fourth-order valence-corrected chi connectivity index (χ4v) is 4.14. The van der Waals surface area contributed by atoms with Gasteiger partial charge in [0.2, 0.25) is 5.78 Å². The Kier molecular flexibility index (Phi) is 16.9. The number of nitrogens with zero attached hydrogens (tertiary/aromatic N) is 1. The SMILES string of the molecule is CCOC(=O)C(Cl)C(=O)C(F)F.CCOC(=O)c1sc(-c2ccc(OC)cc2)nc1C(F)F.COc1ccc(C(N)=S)cc1. The summed E-state index contributed by atoms with van der Waals surface area (Å²) < 4.78 is 68.3. The number of hydrogen-bond donors (Lipinski definition) is 1. The lowest BCUT2D eigenvalue weighted by Gasteiger charge is -2.05. The second kappa shape index (κ2) is 19.5. The lowest BCUT2D eigenvalue weighted by Crippen LogP contribution is -2.31. The summed E-state index contributed by atoms with van der Waals surface area (Å²) >= 11 is 10.7. The van der Waals surface area contributed by atoms with Gasteiger partial charge in [0.25, 0.3) is 12.9 Å². The van der Waals surface area contributed by atoms with E-state index in [0.717, 1.165) is 22.6 Å². The molecule has 2 N–H and O–H groups in total. The van der Waals surface area contributed by atoms with Crippen molar-refractivity contribution in [2.75, 3.05) is 27.4 Å². The average molecular weight is 681 g/mol. The second-order valence-corrected chi connectivity index (χ2v) is 9.77. The topological polar surface area (TPSA) is 127 Å². The van der Waals surface area contributed by atoms with Gasteiger partial charge in [0.1, 0.15) is 32.1 Å². The molecule has 16 heteroatoms. The highest BCUT2D eigenvalue weighted by molar-refractivity contribution is 7.80. The summed E-state index contributed by atoms with van der Waals surface area (Å²) in [6.45, 7) is 3.22. The van der Waals surface area contributed by atoms with Crippen molar-refractivity contribution in [2.45, 2.75) is 32.1 Å². The largest absolute Gasteiger partial charge is 0.497 e. The van der Waals surface area contributed by atoms with Crippen molar-refractivity contribution in [3.63, 3.8) is 0 Å². The van der Waals surface area contributed by atoms with E-state index in [0.29, 0.717) is 21.3 Å². The van der Waals surface area contributed by atoms with E-state index in [-0.39, 0.29) is 18.1 Å². The quantitative estimate of drug-likeness (QED) is 0.0816. The minimum atomic E-state index is -3.24. The number of benzene rings is 2. The molecule has 0 amide bonds. The molecule has 3 aromatic rings. The molecule has 0 spiro atoms. The van der Waals surface area contributed by atoms with Crippen molar-refractivity contribution >= 4 is 57.9 Å². The lowest BCUT2D eigenvalue weighted by molar-refractivity contribution is -0.147. The van der Waals surface area contributed by atoms with Crippen molar-refractivity contribution in [2.24, 2.45) is 5.73 Å². The highest BCUT2D eigenvalue weighted by atomic mass is 35.5. The van der Waals surface area contributed by atoms with E-state index in [2.05, 4.69) is 9.72 Å². The van der Waals surface area contributed by atoms with E-state index in [1.807, 2.05) is 24.3 Å². The van der Waals surface area contributed by atoms with Gasteiger partial charge in [0, 0.05) is 11.1 Å².